The number of benzene rings is 2. The van der Waals surface area contributed by atoms with Gasteiger partial charge in [0.05, 0.1) is 11.1 Å². The molecule has 0 aliphatic heterocycles. The van der Waals surface area contributed by atoms with Gasteiger partial charge in [-0.15, -0.1) is 0 Å². The molecule has 0 aliphatic carbocycles. The molecule has 6 heteroatoms. The Morgan fingerprint density at radius 1 is 1.00 bits per heavy atom. The van der Waals surface area contributed by atoms with E-state index >= 15 is 0 Å². The molecule has 0 bridgehead atoms. The van der Waals surface area contributed by atoms with E-state index in [4.69, 9.17) is 4.74 Å². The predicted molar refractivity (Wildman–Crippen MR) is 98.8 cm³/mol. The molecule has 5 nitrogen and oxygen atoms in total. The largest absolute Gasteiger partial charge is 0.506 e. The van der Waals surface area contributed by atoms with Crippen molar-refractivity contribution in [3.8, 4) is 11.1 Å². The van der Waals surface area contributed by atoms with E-state index in [1.54, 1.807) is 32.9 Å². The molecule has 1 heterocycles. The first kappa shape index (κ1) is 17.3. The predicted octanol–water partition coefficient (Wildman–Crippen LogP) is 2.77. The molecular weight excluding hydrogens is 317 g/mol. The molecule has 0 fully saturated rings. The van der Waals surface area contributed by atoms with Gasteiger partial charge in [-0.2, -0.15) is 0 Å². The van der Waals surface area contributed by atoms with Gasteiger partial charge in [-0.05, 0) is 50.1 Å². The minimum atomic E-state index is -1.78. The van der Waals surface area contributed by atoms with Crippen LogP contribution in [0.15, 0.2) is 54.6 Å². The van der Waals surface area contributed by atoms with Crippen LogP contribution in [0.2, 0.25) is 0 Å². The van der Waals surface area contributed by atoms with Crippen LogP contribution in [0, 0.1) is 0 Å². The standard InChI is InChI=1S/C19H20BNO4/c1-19(2,3)25-18(22)21-16-10-9-14(13-7-5-4-6-8-13)11-15(16)12-17(21)20(23)24/h4-12,23-24H,1-3H3. The molecule has 0 saturated heterocycles. The number of ether oxygens (including phenoxy) is 1. The third-order valence-corrected chi connectivity index (χ3v) is 3.78. The lowest BCUT2D eigenvalue weighted by Gasteiger charge is -2.21. The zero-order valence-corrected chi connectivity index (χ0v) is 14.4. The summed E-state index contributed by atoms with van der Waals surface area (Å²) in [6, 6.07) is 17.0. The number of fused-ring (bicyclic) bond motifs is 1. The van der Waals surface area contributed by atoms with Gasteiger partial charge in [-0.3, -0.25) is 4.57 Å². The Labute approximate surface area is 146 Å². The molecule has 1 aromatic heterocycles. The van der Waals surface area contributed by atoms with Crippen molar-refractivity contribution in [1.82, 2.24) is 4.57 Å². The van der Waals surface area contributed by atoms with Crippen LogP contribution in [-0.4, -0.2) is 33.4 Å². The Bertz CT molecular complexity index is 910. The van der Waals surface area contributed by atoms with Gasteiger partial charge in [0.2, 0.25) is 0 Å². The van der Waals surface area contributed by atoms with E-state index in [0.717, 1.165) is 16.5 Å². The molecule has 0 saturated carbocycles. The third kappa shape index (κ3) is 3.60. The molecule has 0 amide bonds. The fourth-order valence-electron chi connectivity index (χ4n) is 2.75. The monoisotopic (exact) mass is 337 g/mol. The topological polar surface area (TPSA) is 71.7 Å². The smallest absolute Gasteiger partial charge is 0.443 e. The second-order valence-corrected chi connectivity index (χ2v) is 6.90. The van der Waals surface area contributed by atoms with Crippen LogP contribution in [0.5, 0.6) is 0 Å². The molecule has 0 radical (unpaired) electrons. The summed E-state index contributed by atoms with van der Waals surface area (Å²) < 4.78 is 6.61. The Morgan fingerprint density at radius 3 is 2.28 bits per heavy atom. The second-order valence-electron chi connectivity index (χ2n) is 6.90. The molecule has 3 aromatic rings. The summed E-state index contributed by atoms with van der Waals surface area (Å²) in [6.45, 7) is 5.29. The van der Waals surface area contributed by atoms with Gasteiger partial charge in [0.25, 0.3) is 0 Å². The van der Waals surface area contributed by atoms with Crippen molar-refractivity contribution >= 4 is 29.7 Å². The first-order chi connectivity index (χ1) is 11.8. The van der Waals surface area contributed by atoms with Crippen molar-refractivity contribution in [2.24, 2.45) is 0 Å². The van der Waals surface area contributed by atoms with Gasteiger partial charge in [0.15, 0.2) is 0 Å². The zero-order chi connectivity index (χ0) is 18.2. The molecule has 0 spiro atoms. The highest BCUT2D eigenvalue weighted by Gasteiger charge is 2.27. The van der Waals surface area contributed by atoms with Crippen LogP contribution in [0.4, 0.5) is 4.79 Å². The lowest BCUT2D eigenvalue weighted by Crippen LogP contribution is -2.40. The molecule has 2 N–H and O–H groups in total. The highest BCUT2D eigenvalue weighted by atomic mass is 16.6. The summed E-state index contributed by atoms with van der Waals surface area (Å²) >= 11 is 0. The molecule has 25 heavy (non-hydrogen) atoms. The first-order valence-corrected chi connectivity index (χ1v) is 8.06. The van der Waals surface area contributed by atoms with Crippen molar-refractivity contribution in [3.05, 3.63) is 54.6 Å². The molecular formula is C19H20BNO4. The van der Waals surface area contributed by atoms with E-state index in [1.165, 1.54) is 4.57 Å². The Hall–Kier alpha value is -2.57. The minimum Gasteiger partial charge on any atom is -0.443 e. The summed E-state index contributed by atoms with van der Waals surface area (Å²) in [5, 5.41) is 20.1. The summed E-state index contributed by atoms with van der Waals surface area (Å²) in [5.74, 6) is 0. The number of aromatic nitrogens is 1. The minimum absolute atomic E-state index is 0.0782. The Balaban J connectivity index is 2.13. The molecule has 0 unspecified atom stereocenters. The third-order valence-electron chi connectivity index (χ3n) is 3.78. The fraction of sp³-hybridized carbons (Fsp3) is 0.211. The highest BCUT2D eigenvalue weighted by molar-refractivity contribution is 6.59. The normalized spacial score (nSPS) is 11.6. The summed E-state index contributed by atoms with van der Waals surface area (Å²) in [7, 11) is -1.78. The number of hydrogen-bond donors (Lipinski definition) is 2. The molecule has 2 aromatic carbocycles. The maximum absolute atomic E-state index is 12.5. The van der Waals surface area contributed by atoms with Crippen molar-refractivity contribution in [1.29, 1.82) is 0 Å². The average Bonchev–Trinajstić information content (AvgIpc) is 2.93. The fourth-order valence-corrected chi connectivity index (χ4v) is 2.75. The van der Waals surface area contributed by atoms with Crippen LogP contribution >= 0.6 is 0 Å². The van der Waals surface area contributed by atoms with Crippen molar-refractivity contribution in [3.63, 3.8) is 0 Å². The molecule has 0 aliphatic rings. The second kappa shape index (κ2) is 6.39. The van der Waals surface area contributed by atoms with Gasteiger partial charge < -0.3 is 14.8 Å². The molecule has 0 atom stereocenters. The van der Waals surface area contributed by atoms with Crippen LogP contribution in [0.3, 0.4) is 0 Å². The van der Waals surface area contributed by atoms with E-state index < -0.39 is 18.8 Å². The van der Waals surface area contributed by atoms with E-state index in [1.807, 2.05) is 42.5 Å². The van der Waals surface area contributed by atoms with Crippen LogP contribution < -0.4 is 5.59 Å². The van der Waals surface area contributed by atoms with E-state index in [0.29, 0.717) is 5.52 Å². The zero-order valence-electron chi connectivity index (χ0n) is 14.4. The van der Waals surface area contributed by atoms with Crippen LogP contribution in [0.1, 0.15) is 20.8 Å². The Kier molecular flexibility index (Phi) is 4.41. The van der Waals surface area contributed by atoms with E-state index in [-0.39, 0.29) is 5.59 Å². The average molecular weight is 337 g/mol. The van der Waals surface area contributed by atoms with Gasteiger partial charge in [-0.25, -0.2) is 4.79 Å². The molecule has 128 valence electrons. The van der Waals surface area contributed by atoms with Crippen molar-refractivity contribution in [2.45, 2.75) is 26.4 Å². The number of nitrogens with zero attached hydrogens (tertiary/aromatic N) is 1. The van der Waals surface area contributed by atoms with Crippen LogP contribution in [0.25, 0.3) is 22.0 Å². The molecule has 3 rings (SSSR count). The van der Waals surface area contributed by atoms with Gasteiger partial charge in [0, 0.05) is 5.39 Å². The number of rotatable bonds is 2. The maximum atomic E-state index is 12.5. The lowest BCUT2D eigenvalue weighted by atomic mass is 9.86. The van der Waals surface area contributed by atoms with Gasteiger partial charge in [-0.1, -0.05) is 36.4 Å². The lowest BCUT2D eigenvalue weighted by molar-refractivity contribution is 0.0547. The summed E-state index contributed by atoms with van der Waals surface area (Å²) in [6.07, 6.45) is -0.641. The Morgan fingerprint density at radius 2 is 1.68 bits per heavy atom. The number of carbonyl (C=O) groups is 1. The SMILES string of the molecule is CC(C)(C)OC(=O)n1c(B(O)O)cc2cc(-c3ccccc3)ccc21. The summed E-state index contributed by atoms with van der Waals surface area (Å²) in [5.41, 5.74) is 1.98. The van der Waals surface area contributed by atoms with Crippen molar-refractivity contribution < 1.29 is 19.6 Å². The highest BCUT2D eigenvalue weighted by Crippen LogP contribution is 2.25. The van der Waals surface area contributed by atoms with Gasteiger partial charge in [0.1, 0.15) is 5.60 Å². The number of carbonyl (C=O) groups excluding carboxylic acids is 1. The summed E-state index contributed by atoms with van der Waals surface area (Å²) in [4.78, 5) is 12.5. The van der Waals surface area contributed by atoms with E-state index in [2.05, 4.69) is 0 Å². The number of hydrogen-bond acceptors (Lipinski definition) is 4. The van der Waals surface area contributed by atoms with E-state index in [9.17, 15) is 14.8 Å². The van der Waals surface area contributed by atoms with Crippen molar-refractivity contribution in [2.75, 3.05) is 0 Å². The first-order valence-electron chi connectivity index (χ1n) is 8.06. The van der Waals surface area contributed by atoms with Crippen LogP contribution in [-0.2, 0) is 4.74 Å². The van der Waals surface area contributed by atoms with Gasteiger partial charge >= 0.3 is 13.2 Å². The quantitative estimate of drug-likeness (QED) is 0.706. The maximum Gasteiger partial charge on any atom is 0.506 e.